The summed E-state index contributed by atoms with van der Waals surface area (Å²) in [6.07, 6.45) is 0. The molecule has 0 spiro atoms. The normalized spacial score (nSPS) is 14.8. The Kier molecular flexibility index (Phi) is 7.02. The monoisotopic (exact) mass is 353 g/mol. The maximum absolute atomic E-state index is 12.2. The second-order valence-corrected chi connectivity index (χ2v) is 9.97. The molecule has 4 nitrogen and oxygen atoms in total. The van der Waals surface area contributed by atoms with Crippen LogP contribution in [-0.2, 0) is 21.0 Å². The van der Waals surface area contributed by atoms with Gasteiger partial charge in [0, 0.05) is 16.3 Å². The molecular formula is C19H31NO3S. The van der Waals surface area contributed by atoms with Crippen LogP contribution in [0.25, 0.3) is 0 Å². The van der Waals surface area contributed by atoms with Crippen molar-refractivity contribution in [1.29, 1.82) is 0 Å². The molecule has 0 saturated heterocycles. The molecule has 0 fully saturated rings. The molecule has 5 heteroatoms. The number of carbonyl (C=O) groups is 1. The molecule has 0 saturated carbocycles. The van der Waals surface area contributed by atoms with Crippen molar-refractivity contribution in [2.75, 3.05) is 12.4 Å². The van der Waals surface area contributed by atoms with E-state index in [1.165, 1.54) is 5.56 Å². The number of hydrogen-bond donors (Lipinski definition) is 1. The molecule has 1 aromatic carbocycles. The largest absolute Gasteiger partial charge is 0.493 e. The summed E-state index contributed by atoms with van der Waals surface area (Å²) in [7, 11) is -1.26. The smallest absolute Gasteiger partial charge is 0.235 e. The quantitative estimate of drug-likeness (QED) is 0.852. The van der Waals surface area contributed by atoms with Crippen LogP contribution < -0.4 is 10.1 Å². The maximum Gasteiger partial charge on any atom is 0.235 e. The lowest BCUT2D eigenvalue weighted by molar-refractivity contribution is -0.121. The zero-order valence-electron chi connectivity index (χ0n) is 15.9. The number of hydrogen-bond acceptors (Lipinski definition) is 3. The molecule has 0 heterocycles. The third kappa shape index (κ3) is 7.04. The van der Waals surface area contributed by atoms with E-state index in [9.17, 15) is 9.00 Å². The summed E-state index contributed by atoms with van der Waals surface area (Å²) in [6, 6.07) is 7.95. The molecule has 0 aliphatic rings. The van der Waals surface area contributed by atoms with Gasteiger partial charge in [0.15, 0.2) is 0 Å². The summed E-state index contributed by atoms with van der Waals surface area (Å²) < 4.78 is 17.9. The van der Waals surface area contributed by atoms with Gasteiger partial charge in [0.2, 0.25) is 5.91 Å². The van der Waals surface area contributed by atoms with Crippen LogP contribution in [0, 0.1) is 0 Å². The minimum atomic E-state index is -1.26. The molecule has 24 heavy (non-hydrogen) atoms. The molecule has 136 valence electrons. The number of nitrogens with one attached hydrogen (secondary N) is 1. The molecule has 2 unspecified atom stereocenters. The highest BCUT2D eigenvalue weighted by Crippen LogP contribution is 2.24. The zero-order chi connectivity index (χ0) is 18.5. The van der Waals surface area contributed by atoms with Gasteiger partial charge in [-0.05, 0) is 50.8 Å². The van der Waals surface area contributed by atoms with Crippen molar-refractivity contribution >= 4 is 16.7 Å². The van der Waals surface area contributed by atoms with E-state index in [4.69, 9.17) is 4.74 Å². The topological polar surface area (TPSA) is 55.4 Å². The minimum Gasteiger partial charge on any atom is -0.493 e. The summed E-state index contributed by atoms with van der Waals surface area (Å²) in [5.74, 6) is 0.905. The molecule has 0 aromatic heterocycles. The van der Waals surface area contributed by atoms with Crippen LogP contribution in [0.3, 0.4) is 0 Å². The number of rotatable bonds is 6. The van der Waals surface area contributed by atoms with Gasteiger partial charge in [-0.2, -0.15) is 0 Å². The number of ether oxygens (including phenoxy) is 1. The number of benzene rings is 1. The van der Waals surface area contributed by atoms with Crippen LogP contribution in [0.5, 0.6) is 5.75 Å². The average molecular weight is 354 g/mol. The van der Waals surface area contributed by atoms with E-state index < -0.39 is 16.0 Å². The van der Waals surface area contributed by atoms with Crippen LogP contribution in [0.1, 0.15) is 54.0 Å². The van der Waals surface area contributed by atoms with Crippen molar-refractivity contribution in [2.45, 2.75) is 64.7 Å². The zero-order valence-corrected chi connectivity index (χ0v) is 16.8. The Labute approximate surface area is 148 Å². The molecule has 0 aliphatic carbocycles. The summed E-state index contributed by atoms with van der Waals surface area (Å²) in [5.41, 5.74) is 1.03. The van der Waals surface area contributed by atoms with Crippen molar-refractivity contribution in [1.82, 2.24) is 5.32 Å². The fourth-order valence-corrected chi connectivity index (χ4v) is 2.96. The maximum atomic E-state index is 12.2. The molecule has 0 radical (unpaired) electrons. The Bertz CT molecular complexity index is 568. The van der Waals surface area contributed by atoms with E-state index in [0.29, 0.717) is 12.4 Å². The molecule has 1 rings (SSSR count). The summed E-state index contributed by atoms with van der Waals surface area (Å²) >= 11 is 0. The first-order valence-corrected chi connectivity index (χ1v) is 9.71. The molecular weight excluding hydrogens is 322 g/mol. The lowest BCUT2D eigenvalue weighted by Gasteiger charge is -2.23. The van der Waals surface area contributed by atoms with Gasteiger partial charge in [-0.15, -0.1) is 0 Å². The van der Waals surface area contributed by atoms with Gasteiger partial charge in [0.05, 0.1) is 12.4 Å². The van der Waals surface area contributed by atoms with E-state index in [0.717, 1.165) is 5.75 Å². The summed E-state index contributed by atoms with van der Waals surface area (Å²) in [5, 5.41) is 2.31. The Hall–Kier alpha value is -1.36. The van der Waals surface area contributed by atoms with Gasteiger partial charge < -0.3 is 10.1 Å². The fraction of sp³-hybridized carbons (Fsp3) is 0.632. The van der Waals surface area contributed by atoms with Gasteiger partial charge in [-0.1, -0.05) is 32.9 Å². The van der Waals surface area contributed by atoms with Gasteiger partial charge in [0.25, 0.3) is 0 Å². The highest BCUT2D eigenvalue weighted by molar-refractivity contribution is 7.86. The minimum absolute atomic E-state index is 0.107. The Morgan fingerprint density at radius 3 is 2.12 bits per heavy atom. The van der Waals surface area contributed by atoms with Gasteiger partial charge >= 0.3 is 0 Å². The van der Waals surface area contributed by atoms with Crippen LogP contribution >= 0.6 is 0 Å². The second kappa shape index (κ2) is 8.15. The van der Waals surface area contributed by atoms with Crippen LogP contribution in [0.2, 0.25) is 0 Å². The van der Waals surface area contributed by atoms with E-state index in [2.05, 4.69) is 26.1 Å². The molecule has 2 atom stereocenters. The number of amides is 1. The first-order chi connectivity index (χ1) is 10.9. The summed E-state index contributed by atoms with van der Waals surface area (Å²) in [4.78, 5) is 12.0. The van der Waals surface area contributed by atoms with Crippen LogP contribution in [-0.4, -0.2) is 33.3 Å². The standard InChI is InChI=1S/C19H31NO3S/c1-14(17(21)20-19(5,6)7)24(22)13-12-23-16-10-8-15(9-11-16)18(2,3)4/h8-11,14H,12-13H2,1-7H3,(H,20,21). The highest BCUT2D eigenvalue weighted by atomic mass is 32.2. The number of carbonyl (C=O) groups excluding carboxylic acids is 1. The SMILES string of the molecule is CC(C(=O)NC(C)(C)C)S(=O)CCOc1ccc(C(C)(C)C)cc1. The van der Waals surface area contributed by atoms with Crippen LogP contribution in [0.15, 0.2) is 24.3 Å². The predicted molar refractivity (Wildman–Crippen MR) is 101 cm³/mol. The third-order valence-corrected chi connectivity index (χ3v) is 5.11. The lowest BCUT2D eigenvalue weighted by atomic mass is 9.87. The molecule has 1 N–H and O–H groups in total. The fourth-order valence-electron chi connectivity index (χ4n) is 2.06. The highest BCUT2D eigenvalue weighted by Gasteiger charge is 2.23. The van der Waals surface area contributed by atoms with Crippen molar-refractivity contribution < 1.29 is 13.7 Å². The van der Waals surface area contributed by atoms with Gasteiger partial charge in [0.1, 0.15) is 11.0 Å². The van der Waals surface area contributed by atoms with Crippen molar-refractivity contribution in [3.05, 3.63) is 29.8 Å². The van der Waals surface area contributed by atoms with Gasteiger partial charge in [-0.25, -0.2) is 0 Å². The van der Waals surface area contributed by atoms with Crippen molar-refractivity contribution in [3.8, 4) is 5.75 Å². The molecule has 0 bridgehead atoms. The Morgan fingerprint density at radius 1 is 1.12 bits per heavy atom. The third-order valence-electron chi connectivity index (χ3n) is 3.54. The molecule has 0 aliphatic heterocycles. The molecule has 1 amide bonds. The first-order valence-electron chi connectivity index (χ1n) is 8.33. The Balaban J connectivity index is 2.46. The van der Waals surface area contributed by atoms with E-state index in [-0.39, 0.29) is 16.9 Å². The molecule has 1 aromatic rings. The van der Waals surface area contributed by atoms with Gasteiger partial charge in [-0.3, -0.25) is 9.00 Å². The second-order valence-electron chi connectivity index (χ2n) is 8.09. The Morgan fingerprint density at radius 2 is 1.67 bits per heavy atom. The first kappa shape index (κ1) is 20.7. The van der Waals surface area contributed by atoms with Crippen molar-refractivity contribution in [3.63, 3.8) is 0 Å². The van der Waals surface area contributed by atoms with E-state index in [1.54, 1.807) is 6.92 Å². The van der Waals surface area contributed by atoms with E-state index >= 15 is 0 Å². The average Bonchev–Trinajstić information content (AvgIpc) is 2.44. The summed E-state index contributed by atoms with van der Waals surface area (Å²) in [6.45, 7) is 14.2. The lowest BCUT2D eigenvalue weighted by Crippen LogP contribution is -2.46. The predicted octanol–water partition coefficient (Wildman–Crippen LogP) is 3.41. The van der Waals surface area contributed by atoms with Crippen molar-refractivity contribution in [2.24, 2.45) is 0 Å². The van der Waals surface area contributed by atoms with E-state index in [1.807, 2.05) is 45.0 Å². The van der Waals surface area contributed by atoms with Crippen LogP contribution in [0.4, 0.5) is 0 Å².